The average molecular weight is 302 g/mol. The molecule has 6 heteroatoms. The van der Waals surface area contributed by atoms with Crippen molar-refractivity contribution in [2.75, 3.05) is 24.4 Å². The quantitative estimate of drug-likeness (QED) is 0.523. The van der Waals surface area contributed by atoms with E-state index in [2.05, 4.69) is 15.5 Å². The summed E-state index contributed by atoms with van der Waals surface area (Å²) in [5, 5.41) is 4.77. The SMILES string of the molecule is CC(=O)c1sc(N/N=C\c2ccc(N(C)C)cc2)nc1C. The molecule has 0 saturated heterocycles. The van der Waals surface area contributed by atoms with Crippen molar-refractivity contribution in [3.63, 3.8) is 0 Å². The number of Topliss-reactive ketones (excluding diaryl/α,β-unsaturated/α-hetero) is 1. The van der Waals surface area contributed by atoms with Crippen LogP contribution in [-0.4, -0.2) is 31.1 Å². The fourth-order valence-corrected chi connectivity index (χ4v) is 2.60. The van der Waals surface area contributed by atoms with Gasteiger partial charge in [-0.25, -0.2) is 4.98 Å². The van der Waals surface area contributed by atoms with Crippen molar-refractivity contribution in [2.24, 2.45) is 5.10 Å². The first-order valence-electron chi connectivity index (χ1n) is 6.52. The molecule has 1 aromatic heterocycles. The molecule has 0 aliphatic rings. The smallest absolute Gasteiger partial charge is 0.204 e. The van der Waals surface area contributed by atoms with Gasteiger partial charge in [-0.05, 0) is 24.6 Å². The van der Waals surface area contributed by atoms with E-state index in [1.165, 1.54) is 11.3 Å². The van der Waals surface area contributed by atoms with Gasteiger partial charge >= 0.3 is 0 Å². The zero-order valence-electron chi connectivity index (χ0n) is 12.5. The van der Waals surface area contributed by atoms with Gasteiger partial charge in [-0.2, -0.15) is 5.10 Å². The molecule has 110 valence electrons. The van der Waals surface area contributed by atoms with Crippen LogP contribution < -0.4 is 10.3 Å². The summed E-state index contributed by atoms with van der Waals surface area (Å²) in [6.45, 7) is 3.36. The monoisotopic (exact) mass is 302 g/mol. The van der Waals surface area contributed by atoms with Gasteiger partial charge in [0, 0.05) is 26.7 Å². The maximum absolute atomic E-state index is 11.4. The molecule has 2 aromatic rings. The number of hydrogen-bond donors (Lipinski definition) is 1. The molecule has 0 bridgehead atoms. The molecule has 1 N–H and O–H groups in total. The van der Waals surface area contributed by atoms with E-state index in [0.29, 0.717) is 10.0 Å². The summed E-state index contributed by atoms with van der Waals surface area (Å²) < 4.78 is 0. The highest BCUT2D eigenvalue weighted by molar-refractivity contribution is 7.17. The van der Waals surface area contributed by atoms with Gasteiger partial charge in [0.2, 0.25) is 5.13 Å². The second-order valence-electron chi connectivity index (χ2n) is 4.85. The van der Waals surface area contributed by atoms with Crippen LogP contribution in [0.15, 0.2) is 29.4 Å². The number of anilines is 2. The molecule has 0 aliphatic heterocycles. The fourth-order valence-electron chi connectivity index (χ4n) is 1.79. The molecule has 0 saturated carbocycles. The van der Waals surface area contributed by atoms with Crippen LogP contribution >= 0.6 is 11.3 Å². The molecular formula is C15H18N4OS. The lowest BCUT2D eigenvalue weighted by Crippen LogP contribution is -2.08. The number of carbonyl (C=O) groups excluding carboxylic acids is 1. The van der Waals surface area contributed by atoms with E-state index in [1.54, 1.807) is 13.1 Å². The molecule has 2 rings (SSSR count). The van der Waals surface area contributed by atoms with Crippen molar-refractivity contribution < 1.29 is 4.79 Å². The molecule has 0 amide bonds. The number of hydrogen-bond acceptors (Lipinski definition) is 6. The van der Waals surface area contributed by atoms with E-state index in [0.717, 1.165) is 16.9 Å². The fraction of sp³-hybridized carbons (Fsp3) is 0.267. The van der Waals surface area contributed by atoms with Crippen LogP contribution in [0.5, 0.6) is 0 Å². The van der Waals surface area contributed by atoms with Gasteiger partial charge < -0.3 is 4.90 Å². The molecule has 0 atom stereocenters. The molecule has 0 radical (unpaired) electrons. The van der Waals surface area contributed by atoms with Crippen molar-refractivity contribution in [3.05, 3.63) is 40.4 Å². The van der Waals surface area contributed by atoms with Crippen molar-refractivity contribution in [3.8, 4) is 0 Å². The van der Waals surface area contributed by atoms with E-state index in [9.17, 15) is 4.79 Å². The first-order valence-corrected chi connectivity index (χ1v) is 7.34. The summed E-state index contributed by atoms with van der Waals surface area (Å²) in [6.07, 6.45) is 1.73. The van der Waals surface area contributed by atoms with E-state index in [4.69, 9.17) is 0 Å². The Hall–Kier alpha value is -2.21. The third kappa shape index (κ3) is 3.88. The third-order valence-corrected chi connectivity index (χ3v) is 4.06. The van der Waals surface area contributed by atoms with E-state index >= 15 is 0 Å². The molecule has 1 aromatic carbocycles. The summed E-state index contributed by atoms with van der Waals surface area (Å²) >= 11 is 1.32. The number of rotatable bonds is 5. The number of hydrazone groups is 1. The summed E-state index contributed by atoms with van der Waals surface area (Å²) in [5.41, 5.74) is 5.73. The highest BCUT2D eigenvalue weighted by Crippen LogP contribution is 2.22. The van der Waals surface area contributed by atoms with Gasteiger partial charge in [-0.15, -0.1) is 0 Å². The number of ketones is 1. The Morgan fingerprint density at radius 1 is 1.33 bits per heavy atom. The zero-order chi connectivity index (χ0) is 15.4. The lowest BCUT2D eigenvalue weighted by Gasteiger charge is -2.11. The van der Waals surface area contributed by atoms with Crippen molar-refractivity contribution in [1.82, 2.24) is 4.98 Å². The van der Waals surface area contributed by atoms with E-state index in [1.807, 2.05) is 50.2 Å². The minimum Gasteiger partial charge on any atom is -0.378 e. The van der Waals surface area contributed by atoms with Gasteiger partial charge in [0.05, 0.1) is 16.8 Å². The molecule has 1 heterocycles. The lowest BCUT2D eigenvalue weighted by molar-refractivity contribution is 0.102. The van der Waals surface area contributed by atoms with Crippen LogP contribution in [0.2, 0.25) is 0 Å². The van der Waals surface area contributed by atoms with Gasteiger partial charge in [0.15, 0.2) is 5.78 Å². The molecular weight excluding hydrogens is 284 g/mol. The Morgan fingerprint density at radius 2 is 2.00 bits per heavy atom. The van der Waals surface area contributed by atoms with E-state index < -0.39 is 0 Å². The summed E-state index contributed by atoms with van der Waals surface area (Å²) in [5.74, 6) is 0.0290. The first-order chi connectivity index (χ1) is 9.97. The Morgan fingerprint density at radius 3 is 2.52 bits per heavy atom. The maximum Gasteiger partial charge on any atom is 0.204 e. The highest BCUT2D eigenvalue weighted by atomic mass is 32.1. The van der Waals surface area contributed by atoms with Crippen molar-refractivity contribution >= 4 is 34.2 Å². The molecule has 0 aliphatic carbocycles. The van der Waals surface area contributed by atoms with Crippen LogP contribution in [0.1, 0.15) is 27.9 Å². The Kier molecular flexibility index (Phi) is 4.70. The highest BCUT2D eigenvalue weighted by Gasteiger charge is 2.10. The van der Waals surface area contributed by atoms with E-state index in [-0.39, 0.29) is 5.78 Å². The number of thiazole rings is 1. The molecule has 21 heavy (non-hydrogen) atoms. The second kappa shape index (κ2) is 6.49. The summed E-state index contributed by atoms with van der Waals surface area (Å²) in [7, 11) is 4.00. The predicted octanol–water partition coefficient (Wildman–Crippen LogP) is 3.17. The predicted molar refractivity (Wildman–Crippen MR) is 88.8 cm³/mol. The average Bonchev–Trinajstić information content (AvgIpc) is 2.80. The van der Waals surface area contributed by atoms with Crippen LogP contribution in [0.4, 0.5) is 10.8 Å². The maximum atomic E-state index is 11.4. The number of nitrogens with zero attached hydrogens (tertiary/aromatic N) is 3. The molecule has 0 spiro atoms. The number of aromatic nitrogens is 1. The van der Waals surface area contributed by atoms with Crippen molar-refractivity contribution in [1.29, 1.82) is 0 Å². The minimum absolute atomic E-state index is 0.0290. The zero-order valence-corrected chi connectivity index (χ0v) is 13.4. The van der Waals surface area contributed by atoms with Gasteiger partial charge in [0.1, 0.15) is 0 Å². The largest absolute Gasteiger partial charge is 0.378 e. The topological polar surface area (TPSA) is 57.6 Å². The number of nitrogens with one attached hydrogen (secondary N) is 1. The van der Waals surface area contributed by atoms with Crippen LogP contribution in [0, 0.1) is 6.92 Å². The summed E-state index contributed by atoms with van der Waals surface area (Å²) in [6, 6.07) is 8.05. The normalized spacial score (nSPS) is 10.9. The van der Waals surface area contributed by atoms with Gasteiger partial charge in [0.25, 0.3) is 0 Å². The minimum atomic E-state index is 0.0290. The summed E-state index contributed by atoms with van der Waals surface area (Å²) in [4.78, 5) is 18.3. The second-order valence-corrected chi connectivity index (χ2v) is 5.84. The lowest BCUT2D eigenvalue weighted by atomic mass is 10.2. The Labute approximate surface area is 128 Å². The number of aryl methyl sites for hydroxylation is 1. The van der Waals surface area contributed by atoms with Crippen molar-refractivity contribution in [2.45, 2.75) is 13.8 Å². The Balaban J connectivity index is 2.02. The van der Waals surface area contributed by atoms with Crippen LogP contribution in [0.3, 0.4) is 0 Å². The van der Waals surface area contributed by atoms with Gasteiger partial charge in [-0.3, -0.25) is 10.2 Å². The molecule has 0 unspecified atom stereocenters. The van der Waals surface area contributed by atoms with Gasteiger partial charge in [-0.1, -0.05) is 23.5 Å². The van der Waals surface area contributed by atoms with Crippen LogP contribution in [-0.2, 0) is 0 Å². The number of carbonyl (C=O) groups is 1. The molecule has 0 fully saturated rings. The van der Waals surface area contributed by atoms with Crippen LogP contribution in [0.25, 0.3) is 0 Å². The molecule has 5 nitrogen and oxygen atoms in total. The number of benzene rings is 1. The Bertz CT molecular complexity index is 659. The standard InChI is InChI=1S/C15H18N4OS/c1-10-14(11(2)20)21-15(17-10)18-16-9-12-5-7-13(8-6-12)19(3)4/h5-9H,1-4H3,(H,17,18)/b16-9-. The first kappa shape index (κ1) is 15.2. The third-order valence-electron chi connectivity index (χ3n) is 2.90.